The fourth-order valence-electron chi connectivity index (χ4n) is 4.15. The van der Waals surface area contributed by atoms with E-state index in [1.807, 2.05) is 30.3 Å². The van der Waals surface area contributed by atoms with Crippen LogP contribution in [0.25, 0.3) is 0 Å². The van der Waals surface area contributed by atoms with Gasteiger partial charge in [0.2, 0.25) is 5.84 Å². The van der Waals surface area contributed by atoms with Crippen molar-refractivity contribution in [2.75, 3.05) is 25.0 Å². The first-order valence-electron chi connectivity index (χ1n) is 11.4. The first-order chi connectivity index (χ1) is 16.7. The molecule has 2 aliphatic heterocycles. The largest absolute Gasteiger partial charge is 0.372 e. The molecule has 1 saturated heterocycles. The van der Waals surface area contributed by atoms with Gasteiger partial charge in [0.05, 0.1) is 18.6 Å². The van der Waals surface area contributed by atoms with Crippen LogP contribution in [0, 0.1) is 5.41 Å². The van der Waals surface area contributed by atoms with E-state index >= 15 is 0 Å². The predicted octanol–water partition coefficient (Wildman–Crippen LogP) is 1.37. The third kappa shape index (κ3) is 6.07. The van der Waals surface area contributed by atoms with Gasteiger partial charge in [0.1, 0.15) is 11.9 Å². The van der Waals surface area contributed by atoms with Gasteiger partial charge in [-0.05, 0) is 12.0 Å². The van der Waals surface area contributed by atoms with Crippen LogP contribution >= 0.6 is 0 Å². The Kier molecular flexibility index (Phi) is 7.20. The number of nitrogens with one attached hydrogen (secondary N) is 3. The number of hydrogen-bond acceptors (Lipinski definition) is 5. The third-order valence-corrected chi connectivity index (χ3v) is 6.00. The predicted molar refractivity (Wildman–Crippen MR) is 127 cm³/mol. The summed E-state index contributed by atoms with van der Waals surface area (Å²) in [6.45, 7) is 1.13. The second-order valence-electron chi connectivity index (χ2n) is 8.72. The Morgan fingerprint density at radius 1 is 1.31 bits per heavy atom. The minimum atomic E-state index is -2.68. The number of carbonyl (C=O) groups excluding carboxylic acids is 2. The van der Waals surface area contributed by atoms with E-state index in [0.29, 0.717) is 31.1 Å². The molecular weight excluding hydrogens is 458 g/mol. The van der Waals surface area contributed by atoms with Crippen molar-refractivity contribution in [3.05, 3.63) is 47.7 Å². The Labute approximate surface area is 201 Å². The number of benzene rings is 1. The van der Waals surface area contributed by atoms with Crippen molar-refractivity contribution < 1.29 is 18.4 Å². The van der Waals surface area contributed by atoms with Crippen molar-refractivity contribution in [2.24, 2.45) is 4.99 Å². The Morgan fingerprint density at radius 2 is 2.09 bits per heavy atom. The quantitative estimate of drug-likeness (QED) is 0.421. The standard InChI is InChI=1S/C23H28F2N8O2/c1-31-19-11-17(13-32-10-8-23(24,25)14-32)30-33(19)9-7-18(22(31)35)29-21(34)20(26)28-15-27-12-16-5-3-2-4-6-16/h2-6,11,15,18H,7-10,12-14H2,1H3,(H,29,34)(H2,26,27,28). The van der Waals surface area contributed by atoms with Crippen LogP contribution in [-0.2, 0) is 29.2 Å². The Hall–Kier alpha value is -3.67. The lowest BCUT2D eigenvalue weighted by molar-refractivity contribution is -0.124. The SMILES string of the molecule is CN1C(=O)C(NC(=O)C(=N)/N=C\NCc2ccccc2)CCn2nc(CN3CCC(F)(F)C3)cc21. The first kappa shape index (κ1) is 24.5. The van der Waals surface area contributed by atoms with E-state index < -0.39 is 23.7 Å². The molecule has 35 heavy (non-hydrogen) atoms. The lowest BCUT2D eigenvalue weighted by atomic mass is 10.2. The number of aromatic nitrogens is 2. The minimum Gasteiger partial charge on any atom is -0.372 e. The van der Waals surface area contributed by atoms with Crippen LogP contribution in [0.1, 0.15) is 24.1 Å². The number of nitrogens with zero attached hydrogens (tertiary/aromatic N) is 5. The van der Waals surface area contributed by atoms with Crippen molar-refractivity contribution in [1.82, 2.24) is 25.3 Å². The molecule has 1 aromatic carbocycles. The van der Waals surface area contributed by atoms with Gasteiger partial charge in [-0.15, -0.1) is 0 Å². The summed E-state index contributed by atoms with van der Waals surface area (Å²) in [5.74, 6) is -3.77. The Balaban J connectivity index is 1.30. The van der Waals surface area contributed by atoms with Gasteiger partial charge < -0.3 is 10.6 Å². The maximum absolute atomic E-state index is 13.5. The first-order valence-corrected chi connectivity index (χ1v) is 11.4. The molecule has 186 valence electrons. The van der Waals surface area contributed by atoms with Gasteiger partial charge in [-0.3, -0.25) is 24.8 Å². The molecule has 2 aromatic rings. The lowest BCUT2D eigenvalue weighted by Crippen LogP contribution is -2.48. The fourth-order valence-corrected chi connectivity index (χ4v) is 4.15. The molecule has 0 spiro atoms. The van der Waals surface area contributed by atoms with E-state index in [4.69, 9.17) is 5.41 Å². The molecule has 4 rings (SSSR count). The van der Waals surface area contributed by atoms with Crippen molar-refractivity contribution in [3.8, 4) is 0 Å². The molecular formula is C23H28F2N8O2. The maximum atomic E-state index is 13.5. The number of amides is 2. The molecule has 0 saturated carbocycles. The summed E-state index contributed by atoms with van der Waals surface area (Å²) in [4.78, 5) is 32.2. The zero-order valence-electron chi connectivity index (χ0n) is 19.4. The van der Waals surface area contributed by atoms with Gasteiger partial charge in [-0.2, -0.15) is 5.10 Å². The molecule has 1 atom stereocenters. The molecule has 12 heteroatoms. The number of hydrogen-bond donors (Lipinski definition) is 3. The molecule has 0 radical (unpaired) electrons. The van der Waals surface area contributed by atoms with Gasteiger partial charge in [0, 0.05) is 45.7 Å². The summed E-state index contributed by atoms with van der Waals surface area (Å²) >= 11 is 0. The molecule has 3 N–H and O–H groups in total. The summed E-state index contributed by atoms with van der Waals surface area (Å²) in [5, 5.41) is 17.9. The summed E-state index contributed by atoms with van der Waals surface area (Å²) in [6, 6.07) is 10.5. The van der Waals surface area contributed by atoms with Crippen LogP contribution in [0.15, 0.2) is 41.4 Å². The fraction of sp³-hybridized carbons (Fsp3) is 0.435. The van der Waals surface area contributed by atoms with Crippen LogP contribution in [0.2, 0.25) is 0 Å². The highest BCUT2D eigenvalue weighted by molar-refractivity contribution is 6.38. The molecule has 10 nitrogen and oxygen atoms in total. The maximum Gasteiger partial charge on any atom is 0.289 e. The average Bonchev–Trinajstić information content (AvgIpc) is 3.37. The van der Waals surface area contributed by atoms with Gasteiger partial charge >= 0.3 is 0 Å². The number of aliphatic imine (C=N–C) groups is 1. The minimum absolute atomic E-state index is 0.164. The Morgan fingerprint density at radius 3 is 2.80 bits per heavy atom. The number of rotatable bonds is 6. The highest BCUT2D eigenvalue weighted by Gasteiger charge is 2.38. The van der Waals surface area contributed by atoms with Crippen LogP contribution in [0.3, 0.4) is 0 Å². The number of fused-ring (bicyclic) bond motifs is 1. The zero-order valence-corrected chi connectivity index (χ0v) is 19.4. The van der Waals surface area contributed by atoms with Gasteiger partial charge in [0.15, 0.2) is 0 Å². The number of carbonyl (C=O) groups is 2. The summed E-state index contributed by atoms with van der Waals surface area (Å²) in [7, 11) is 1.57. The van der Waals surface area contributed by atoms with Crippen LogP contribution < -0.4 is 15.5 Å². The molecule has 1 unspecified atom stereocenters. The number of aryl methyl sites for hydroxylation is 1. The van der Waals surface area contributed by atoms with Gasteiger partial charge in [-0.1, -0.05) is 30.3 Å². The van der Waals surface area contributed by atoms with Crippen LogP contribution in [0.5, 0.6) is 0 Å². The molecule has 2 aliphatic rings. The van der Waals surface area contributed by atoms with E-state index in [2.05, 4.69) is 20.7 Å². The van der Waals surface area contributed by atoms with Crippen molar-refractivity contribution in [3.63, 3.8) is 0 Å². The average molecular weight is 487 g/mol. The number of anilines is 1. The van der Waals surface area contributed by atoms with Gasteiger partial charge in [-0.25, -0.2) is 18.5 Å². The summed E-state index contributed by atoms with van der Waals surface area (Å²) < 4.78 is 28.6. The molecule has 1 fully saturated rings. The van der Waals surface area contributed by atoms with Crippen LogP contribution in [0.4, 0.5) is 14.6 Å². The number of amidine groups is 1. The Bertz CT molecular complexity index is 1120. The normalized spacial score (nSPS) is 20.0. The second kappa shape index (κ2) is 10.3. The third-order valence-electron chi connectivity index (χ3n) is 6.00. The molecule has 0 bridgehead atoms. The monoisotopic (exact) mass is 486 g/mol. The van der Waals surface area contributed by atoms with E-state index in [-0.39, 0.29) is 31.8 Å². The second-order valence-corrected chi connectivity index (χ2v) is 8.72. The van der Waals surface area contributed by atoms with Crippen molar-refractivity contribution in [1.29, 1.82) is 5.41 Å². The van der Waals surface area contributed by atoms with Crippen molar-refractivity contribution in [2.45, 2.75) is 44.4 Å². The summed E-state index contributed by atoms with van der Waals surface area (Å²) in [5.41, 5.74) is 1.64. The van der Waals surface area contributed by atoms with Crippen LogP contribution in [-0.4, -0.2) is 70.8 Å². The van der Waals surface area contributed by atoms with Gasteiger partial charge in [0.25, 0.3) is 17.7 Å². The lowest BCUT2D eigenvalue weighted by Gasteiger charge is -2.20. The molecule has 1 aromatic heterocycles. The highest BCUT2D eigenvalue weighted by Crippen LogP contribution is 2.29. The topological polar surface area (TPSA) is 119 Å². The zero-order chi connectivity index (χ0) is 25.0. The van der Waals surface area contributed by atoms with E-state index in [1.54, 1.807) is 22.7 Å². The highest BCUT2D eigenvalue weighted by atomic mass is 19.3. The molecule has 0 aliphatic carbocycles. The smallest absolute Gasteiger partial charge is 0.289 e. The van der Waals surface area contributed by atoms with E-state index in [1.165, 1.54) is 11.2 Å². The number of alkyl halides is 2. The van der Waals surface area contributed by atoms with E-state index in [9.17, 15) is 18.4 Å². The number of likely N-dealkylation sites (tertiary alicyclic amines) is 1. The molecule has 3 heterocycles. The van der Waals surface area contributed by atoms with Crippen molar-refractivity contribution >= 4 is 29.8 Å². The number of halogens is 2. The van der Waals surface area contributed by atoms with E-state index in [0.717, 1.165) is 5.56 Å². The number of likely N-dealkylation sites (N-methyl/N-ethyl adjacent to an activating group) is 1. The molecule has 2 amide bonds. The summed E-state index contributed by atoms with van der Waals surface area (Å²) in [6.07, 6.45) is 1.39.